The van der Waals surface area contributed by atoms with E-state index in [1.807, 2.05) is 25.0 Å². The Hall–Kier alpha value is -2.41. The van der Waals surface area contributed by atoms with Gasteiger partial charge in [0.05, 0.1) is 6.42 Å². The third-order valence-corrected chi connectivity index (χ3v) is 5.73. The van der Waals surface area contributed by atoms with Gasteiger partial charge < -0.3 is 4.90 Å². The number of nitrogens with zero attached hydrogens (tertiary/aromatic N) is 5. The monoisotopic (exact) mass is 381 g/mol. The van der Waals surface area contributed by atoms with Crippen LogP contribution in [-0.2, 0) is 17.6 Å². The third-order valence-electron chi connectivity index (χ3n) is 5.19. The van der Waals surface area contributed by atoms with Crippen molar-refractivity contribution in [2.45, 2.75) is 45.2 Å². The van der Waals surface area contributed by atoms with Gasteiger partial charge in [0.2, 0.25) is 11.1 Å². The standard InChI is InChI=1S/C20H23N5OS/c1-12-7-8-17-15(10-12)6-5-9-24(17)18(26)11-16-13(2)21-19-22-20(27-4)23-25(19)14(16)3/h7-8,10H,5-6,9,11H2,1-4H3. The first-order valence-corrected chi connectivity index (χ1v) is 10.4. The summed E-state index contributed by atoms with van der Waals surface area (Å²) in [6.07, 6.45) is 4.29. The van der Waals surface area contributed by atoms with E-state index < -0.39 is 0 Å². The Balaban J connectivity index is 1.68. The van der Waals surface area contributed by atoms with Crippen molar-refractivity contribution >= 4 is 29.1 Å². The predicted molar refractivity (Wildman–Crippen MR) is 108 cm³/mol. The van der Waals surface area contributed by atoms with E-state index in [9.17, 15) is 4.79 Å². The number of benzene rings is 1. The number of carbonyl (C=O) groups excluding carboxylic acids is 1. The Bertz CT molecular complexity index is 1040. The van der Waals surface area contributed by atoms with Crippen molar-refractivity contribution in [2.75, 3.05) is 17.7 Å². The highest BCUT2D eigenvalue weighted by atomic mass is 32.2. The number of aromatic nitrogens is 4. The fourth-order valence-corrected chi connectivity index (χ4v) is 4.10. The molecule has 3 heterocycles. The number of hydrogen-bond acceptors (Lipinski definition) is 5. The number of thioether (sulfide) groups is 1. The zero-order valence-corrected chi connectivity index (χ0v) is 16.9. The number of aryl methyl sites for hydroxylation is 4. The van der Waals surface area contributed by atoms with Crippen molar-refractivity contribution in [1.29, 1.82) is 0 Å². The molecular formula is C20H23N5OS. The molecule has 1 aliphatic rings. The number of hydrogen-bond donors (Lipinski definition) is 0. The molecular weight excluding hydrogens is 358 g/mol. The van der Waals surface area contributed by atoms with E-state index in [4.69, 9.17) is 0 Å². The van der Waals surface area contributed by atoms with Gasteiger partial charge in [-0.3, -0.25) is 4.79 Å². The highest BCUT2D eigenvalue weighted by Gasteiger charge is 2.24. The van der Waals surface area contributed by atoms with Crippen molar-refractivity contribution in [3.8, 4) is 0 Å². The lowest BCUT2D eigenvalue weighted by Crippen LogP contribution is -2.37. The second-order valence-electron chi connectivity index (χ2n) is 7.03. The molecule has 6 nitrogen and oxygen atoms in total. The summed E-state index contributed by atoms with van der Waals surface area (Å²) in [6, 6.07) is 6.34. The molecule has 7 heteroatoms. The van der Waals surface area contributed by atoms with E-state index in [1.54, 1.807) is 4.52 Å². The molecule has 1 amide bonds. The molecule has 0 aliphatic carbocycles. The van der Waals surface area contributed by atoms with Gasteiger partial charge in [-0.25, -0.2) is 9.50 Å². The van der Waals surface area contributed by atoms with Crippen LogP contribution in [0.2, 0.25) is 0 Å². The first kappa shape index (κ1) is 18.0. The van der Waals surface area contributed by atoms with Crippen molar-refractivity contribution in [3.63, 3.8) is 0 Å². The molecule has 1 aromatic carbocycles. The van der Waals surface area contributed by atoms with Gasteiger partial charge in [0.25, 0.3) is 5.78 Å². The van der Waals surface area contributed by atoms with Crippen molar-refractivity contribution in [1.82, 2.24) is 19.6 Å². The number of amides is 1. The highest BCUT2D eigenvalue weighted by molar-refractivity contribution is 7.98. The Morgan fingerprint density at radius 1 is 1.22 bits per heavy atom. The lowest BCUT2D eigenvalue weighted by Gasteiger charge is -2.30. The minimum absolute atomic E-state index is 0.109. The summed E-state index contributed by atoms with van der Waals surface area (Å²) in [5.74, 6) is 0.696. The number of fused-ring (bicyclic) bond motifs is 2. The Morgan fingerprint density at radius 2 is 2.04 bits per heavy atom. The summed E-state index contributed by atoms with van der Waals surface area (Å²) in [7, 11) is 0. The maximum atomic E-state index is 13.2. The normalized spacial score (nSPS) is 13.9. The van der Waals surface area contributed by atoms with Gasteiger partial charge in [0.1, 0.15) is 0 Å². The molecule has 0 bridgehead atoms. The highest BCUT2D eigenvalue weighted by Crippen LogP contribution is 2.29. The van der Waals surface area contributed by atoms with Gasteiger partial charge in [0, 0.05) is 29.2 Å². The van der Waals surface area contributed by atoms with E-state index in [2.05, 4.69) is 40.2 Å². The van der Waals surface area contributed by atoms with Crippen LogP contribution in [0.3, 0.4) is 0 Å². The largest absolute Gasteiger partial charge is 0.312 e. The quantitative estimate of drug-likeness (QED) is 0.652. The topological polar surface area (TPSA) is 63.4 Å². The van der Waals surface area contributed by atoms with Crippen molar-refractivity contribution in [3.05, 3.63) is 46.3 Å². The molecule has 0 fully saturated rings. The van der Waals surface area contributed by atoms with Crippen LogP contribution >= 0.6 is 11.8 Å². The molecule has 0 spiro atoms. The molecule has 0 saturated carbocycles. The third kappa shape index (κ3) is 3.20. The van der Waals surface area contributed by atoms with Gasteiger partial charge in [-0.05, 0) is 51.5 Å². The second kappa shape index (κ2) is 6.96. The molecule has 140 valence electrons. The van der Waals surface area contributed by atoms with Crippen LogP contribution in [0.1, 0.15) is 34.5 Å². The summed E-state index contributed by atoms with van der Waals surface area (Å²) in [6.45, 7) is 6.78. The Labute approximate surface area is 163 Å². The van der Waals surface area contributed by atoms with E-state index in [0.717, 1.165) is 42.0 Å². The molecule has 0 atom stereocenters. The zero-order chi connectivity index (χ0) is 19.1. The second-order valence-corrected chi connectivity index (χ2v) is 7.80. The molecule has 2 aromatic heterocycles. The molecule has 3 aromatic rings. The van der Waals surface area contributed by atoms with Gasteiger partial charge in [-0.15, -0.1) is 5.10 Å². The van der Waals surface area contributed by atoms with Crippen LogP contribution in [0, 0.1) is 20.8 Å². The summed E-state index contributed by atoms with van der Waals surface area (Å²) < 4.78 is 1.74. The molecule has 0 N–H and O–H groups in total. The summed E-state index contributed by atoms with van der Waals surface area (Å²) >= 11 is 1.49. The summed E-state index contributed by atoms with van der Waals surface area (Å²) in [5.41, 5.74) is 6.25. The van der Waals surface area contributed by atoms with E-state index in [-0.39, 0.29) is 5.91 Å². The van der Waals surface area contributed by atoms with Gasteiger partial charge in [-0.1, -0.05) is 29.5 Å². The van der Waals surface area contributed by atoms with Crippen molar-refractivity contribution < 1.29 is 4.79 Å². The average molecular weight is 382 g/mol. The molecule has 27 heavy (non-hydrogen) atoms. The minimum atomic E-state index is 0.109. The maximum Gasteiger partial charge on any atom is 0.253 e. The summed E-state index contributed by atoms with van der Waals surface area (Å²) in [4.78, 5) is 24.1. The van der Waals surface area contributed by atoms with Crippen LogP contribution < -0.4 is 4.90 Å². The lowest BCUT2D eigenvalue weighted by molar-refractivity contribution is -0.118. The van der Waals surface area contributed by atoms with Gasteiger partial charge >= 0.3 is 0 Å². The number of rotatable bonds is 3. The summed E-state index contributed by atoms with van der Waals surface area (Å²) in [5, 5.41) is 5.17. The lowest BCUT2D eigenvalue weighted by atomic mass is 9.98. The van der Waals surface area contributed by atoms with Crippen LogP contribution in [0.4, 0.5) is 5.69 Å². The predicted octanol–water partition coefficient (Wildman–Crippen LogP) is 3.29. The van der Waals surface area contributed by atoms with E-state index in [1.165, 1.54) is 22.9 Å². The average Bonchev–Trinajstić information content (AvgIpc) is 3.07. The molecule has 1 aliphatic heterocycles. The first-order chi connectivity index (χ1) is 13.0. The van der Waals surface area contributed by atoms with Crippen LogP contribution in [0.5, 0.6) is 0 Å². The molecule has 0 radical (unpaired) electrons. The number of carbonyl (C=O) groups is 1. The first-order valence-electron chi connectivity index (χ1n) is 9.14. The molecule has 4 rings (SSSR count). The fourth-order valence-electron chi connectivity index (χ4n) is 3.76. The fraction of sp³-hybridized carbons (Fsp3) is 0.400. The zero-order valence-electron chi connectivity index (χ0n) is 16.1. The smallest absolute Gasteiger partial charge is 0.253 e. The minimum Gasteiger partial charge on any atom is -0.312 e. The van der Waals surface area contributed by atoms with Crippen molar-refractivity contribution in [2.24, 2.45) is 0 Å². The molecule has 0 unspecified atom stereocenters. The van der Waals surface area contributed by atoms with E-state index in [0.29, 0.717) is 17.4 Å². The van der Waals surface area contributed by atoms with Gasteiger partial charge in [-0.2, -0.15) is 4.98 Å². The van der Waals surface area contributed by atoms with Crippen LogP contribution in [0.15, 0.2) is 23.4 Å². The van der Waals surface area contributed by atoms with Gasteiger partial charge in [0.15, 0.2) is 0 Å². The Kier molecular flexibility index (Phi) is 4.63. The SMILES string of the molecule is CSc1nc2nc(C)c(CC(=O)N3CCCc4cc(C)ccc43)c(C)n2n1. The van der Waals surface area contributed by atoms with E-state index >= 15 is 0 Å². The van der Waals surface area contributed by atoms with Crippen LogP contribution in [0.25, 0.3) is 5.78 Å². The number of anilines is 1. The van der Waals surface area contributed by atoms with Crippen LogP contribution in [-0.4, -0.2) is 38.3 Å². The maximum absolute atomic E-state index is 13.2. The Morgan fingerprint density at radius 3 is 2.81 bits per heavy atom. The molecule has 0 saturated heterocycles.